The van der Waals surface area contributed by atoms with Gasteiger partial charge in [-0.3, -0.25) is 0 Å². The molecule has 1 aliphatic rings. The molecular weight excluding hydrogens is 278 g/mol. The molecule has 1 aromatic heterocycles. The molecule has 1 aromatic carbocycles. The molecule has 90 valence electrons. The summed E-state index contributed by atoms with van der Waals surface area (Å²) in [5.74, 6) is 2.40. The maximum atomic E-state index is 4.80. The zero-order chi connectivity index (χ0) is 12.0. The van der Waals surface area contributed by atoms with E-state index in [0.717, 1.165) is 23.1 Å². The SMILES string of the molecule is C[C@@H]1CNC[C@H]1c1nc2cc(Br)ccc2n1C. The molecule has 0 radical (unpaired) electrons. The second kappa shape index (κ2) is 4.10. The van der Waals surface area contributed by atoms with Gasteiger partial charge in [0.2, 0.25) is 0 Å². The third kappa shape index (κ3) is 1.79. The van der Waals surface area contributed by atoms with Gasteiger partial charge < -0.3 is 9.88 Å². The molecule has 3 rings (SSSR count). The van der Waals surface area contributed by atoms with Crippen LogP contribution < -0.4 is 5.32 Å². The van der Waals surface area contributed by atoms with Crippen LogP contribution in [0, 0.1) is 5.92 Å². The number of nitrogens with one attached hydrogen (secondary N) is 1. The summed E-state index contributed by atoms with van der Waals surface area (Å²) in [5.41, 5.74) is 2.29. The van der Waals surface area contributed by atoms with Crippen LogP contribution in [0.4, 0.5) is 0 Å². The Morgan fingerprint density at radius 1 is 1.41 bits per heavy atom. The smallest absolute Gasteiger partial charge is 0.114 e. The van der Waals surface area contributed by atoms with Gasteiger partial charge in [-0.25, -0.2) is 4.98 Å². The Bertz CT molecular complexity index is 561. The average molecular weight is 294 g/mol. The van der Waals surface area contributed by atoms with Gasteiger partial charge in [0.05, 0.1) is 11.0 Å². The second-order valence-corrected chi connectivity index (χ2v) is 5.82. The number of aryl methyl sites for hydroxylation is 1. The molecule has 0 spiro atoms. The topological polar surface area (TPSA) is 29.9 Å². The van der Waals surface area contributed by atoms with E-state index in [9.17, 15) is 0 Å². The van der Waals surface area contributed by atoms with Gasteiger partial charge in [-0.1, -0.05) is 22.9 Å². The molecule has 0 amide bonds. The third-order valence-corrected chi connectivity index (χ3v) is 4.22. The predicted octanol–water partition coefficient (Wildman–Crippen LogP) is 2.66. The highest BCUT2D eigenvalue weighted by Gasteiger charge is 2.28. The van der Waals surface area contributed by atoms with E-state index in [2.05, 4.69) is 58.0 Å². The van der Waals surface area contributed by atoms with Gasteiger partial charge >= 0.3 is 0 Å². The quantitative estimate of drug-likeness (QED) is 0.876. The largest absolute Gasteiger partial charge is 0.331 e. The first-order chi connectivity index (χ1) is 8.16. The van der Waals surface area contributed by atoms with Crippen molar-refractivity contribution < 1.29 is 0 Å². The number of hydrogen-bond acceptors (Lipinski definition) is 2. The fraction of sp³-hybridized carbons (Fsp3) is 0.462. The number of aromatic nitrogens is 2. The van der Waals surface area contributed by atoms with Crippen molar-refractivity contribution >= 4 is 27.0 Å². The highest BCUT2D eigenvalue weighted by atomic mass is 79.9. The molecule has 1 fully saturated rings. The van der Waals surface area contributed by atoms with Crippen molar-refractivity contribution in [1.29, 1.82) is 0 Å². The zero-order valence-electron chi connectivity index (χ0n) is 10.1. The maximum Gasteiger partial charge on any atom is 0.114 e. The van der Waals surface area contributed by atoms with Crippen LogP contribution >= 0.6 is 15.9 Å². The van der Waals surface area contributed by atoms with Gasteiger partial charge in [0.15, 0.2) is 0 Å². The highest BCUT2D eigenvalue weighted by Crippen LogP contribution is 2.30. The van der Waals surface area contributed by atoms with Crippen LogP contribution in [0.5, 0.6) is 0 Å². The van der Waals surface area contributed by atoms with Gasteiger partial charge in [-0.2, -0.15) is 0 Å². The van der Waals surface area contributed by atoms with Crippen LogP contribution in [-0.4, -0.2) is 22.6 Å². The van der Waals surface area contributed by atoms with E-state index < -0.39 is 0 Å². The number of hydrogen-bond donors (Lipinski definition) is 1. The normalized spacial score (nSPS) is 24.6. The third-order valence-electron chi connectivity index (χ3n) is 3.73. The van der Waals surface area contributed by atoms with E-state index in [4.69, 9.17) is 4.98 Å². The molecule has 0 aliphatic carbocycles. The van der Waals surface area contributed by atoms with Crippen LogP contribution in [0.1, 0.15) is 18.7 Å². The molecule has 1 aliphatic heterocycles. The number of imidazole rings is 1. The molecule has 0 bridgehead atoms. The lowest BCUT2D eigenvalue weighted by atomic mass is 9.97. The molecule has 2 heterocycles. The Labute approximate surface area is 109 Å². The monoisotopic (exact) mass is 293 g/mol. The standard InChI is InChI=1S/C13H16BrN3/c1-8-6-15-7-10(8)13-16-11-5-9(14)3-4-12(11)17(13)2/h3-5,8,10,15H,6-7H2,1-2H3/t8-,10-/m1/s1. The lowest BCUT2D eigenvalue weighted by molar-refractivity contribution is 0.533. The molecule has 4 heteroatoms. The average Bonchev–Trinajstić information content (AvgIpc) is 2.83. The van der Waals surface area contributed by atoms with Crippen LogP contribution in [-0.2, 0) is 7.05 Å². The van der Waals surface area contributed by atoms with Crippen LogP contribution in [0.2, 0.25) is 0 Å². The van der Waals surface area contributed by atoms with Gasteiger partial charge in [0.25, 0.3) is 0 Å². The fourth-order valence-electron chi connectivity index (χ4n) is 2.68. The van der Waals surface area contributed by atoms with Crippen molar-refractivity contribution in [1.82, 2.24) is 14.9 Å². The molecule has 17 heavy (non-hydrogen) atoms. The molecule has 1 saturated heterocycles. The summed E-state index contributed by atoms with van der Waals surface area (Å²) in [6.45, 7) is 4.43. The van der Waals surface area contributed by atoms with Crippen molar-refractivity contribution in [3.05, 3.63) is 28.5 Å². The summed E-state index contributed by atoms with van der Waals surface area (Å²) < 4.78 is 3.32. The Balaban J connectivity index is 2.14. The van der Waals surface area contributed by atoms with Gasteiger partial charge in [-0.15, -0.1) is 0 Å². The zero-order valence-corrected chi connectivity index (χ0v) is 11.7. The van der Waals surface area contributed by atoms with Crippen molar-refractivity contribution in [2.75, 3.05) is 13.1 Å². The Hall–Kier alpha value is -0.870. The number of benzene rings is 1. The molecule has 0 saturated carbocycles. The summed E-state index contributed by atoms with van der Waals surface area (Å²) in [5, 5.41) is 3.44. The first-order valence-corrected chi connectivity index (χ1v) is 6.78. The molecular formula is C13H16BrN3. The van der Waals surface area contributed by atoms with Crippen LogP contribution in [0.3, 0.4) is 0 Å². The second-order valence-electron chi connectivity index (χ2n) is 4.90. The first-order valence-electron chi connectivity index (χ1n) is 5.99. The summed E-state index contributed by atoms with van der Waals surface area (Å²) in [6.07, 6.45) is 0. The van der Waals surface area contributed by atoms with Gasteiger partial charge in [0, 0.05) is 24.0 Å². The van der Waals surface area contributed by atoms with E-state index in [1.54, 1.807) is 0 Å². The van der Waals surface area contributed by atoms with Crippen LogP contribution in [0.25, 0.3) is 11.0 Å². The highest BCUT2D eigenvalue weighted by molar-refractivity contribution is 9.10. The molecule has 1 N–H and O–H groups in total. The number of halogens is 1. The summed E-state index contributed by atoms with van der Waals surface area (Å²) >= 11 is 3.50. The summed E-state index contributed by atoms with van der Waals surface area (Å²) in [6, 6.07) is 6.29. The molecule has 2 atom stereocenters. The van der Waals surface area contributed by atoms with Crippen molar-refractivity contribution in [3.8, 4) is 0 Å². The lowest BCUT2D eigenvalue weighted by Gasteiger charge is -2.13. The first kappa shape index (κ1) is 11.2. The van der Waals surface area contributed by atoms with Gasteiger partial charge in [-0.05, 0) is 30.7 Å². The van der Waals surface area contributed by atoms with E-state index in [1.807, 2.05) is 0 Å². The summed E-state index contributed by atoms with van der Waals surface area (Å²) in [7, 11) is 2.11. The maximum absolute atomic E-state index is 4.80. The van der Waals surface area contributed by atoms with Gasteiger partial charge in [0.1, 0.15) is 5.82 Å². The molecule has 2 aromatic rings. The van der Waals surface area contributed by atoms with Crippen molar-refractivity contribution in [2.24, 2.45) is 13.0 Å². The fourth-order valence-corrected chi connectivity index (χ4v) is 3.03. The lowest BCUT2D eigenvalue weighted by Crippen LogP contribution is -2.13. The van der Waals surface area contributed by atoms with E-state index in [-0.39, 0.29) is 0 Å². The Kier molecular flexibility index (Phi) is 2.71. The number of rotatable bonds is 1. The number of fused-ring (bicyclic) bond motifs is 1. The van der Waals surface area contributed by atoms with E-state index in [1.165, 1.54) is 11.3 Å². The van der Waals surface area contributed by atoms with Crippen molar-refractivity contribution in [3.63, 3.8) is 0 Å². The van der Waals surface area contributed by atoms with E-state index >= 15 is 0 Å². The van der Waals surface area contributed by atoms with Crippen LogP contribution in [0.15, 0.2) is 22.7 Å². The van der Waals surface area contributed by atoms with Crippen molar-refractivity contribution in [2.45, 2.75) is 12.8 Å². The Morgan fingerprint density at radius 3 is 2.94 bits per heavy atom. The number of nitrogens with zero attached hydrogens (tertiary/aromatic N) is 2. The summed E-state index contributed by atoms with van der Waals surface area (Å²) in [4.78, 5) is 4.80. The minimum Gasteiger partial charge on any atom is -0.331 e. The molecule has 3 nitrogen and oxygen atoms in total. The Morgan fingerprint density at radius 2 is 2.24 bits per heavy atom. The minimum absolute atomic E-state index is 0.533. The molecule has 0 unspecified atom stereocenters. The predicted molar refractivity (Wildman–Crippen MR) is 73.2 cm³/mol. The van der Waals surface area contributed by atoms with E-state index in [0.29, 0.717) is 11.8 Å². The minimum atomic E-state index is 0.533.